The van der Waals surface area contributed by atoms with Crippen molar-refractivity contribution in [2.75, 3.05) is 6.61 Å². The van der Waals surface area contributed by atoms with Crippen molar-refractivity contribution in [2.45, 2.75) is 12.5 Å². The van der Waals surface area contributed by atoms with Gasteiger partial charge in [0.15, 0.2) is 0 Å². The average molecular weight is 278 g/mol. The molecule has 3 heteroatoms. The number of ether oxygens (including phenoxy) is 1. The fraction of sp³-hybridized carbons (Fsp3) is 0.231. The van der Waals surface area contributed by atoms with Gasteiger partial charge in [-0.2, -0.15) is 0 Å². The van der Waals surface area contributed by atoms with E-state index in [0.29, 0.717) is 6.61 Å². The molecule has 2 aromatic rings. The van der Waals surface area contributed by atoms with Crippen LogP contribution in [0.5, 0.6) is 5.75 Å². The maximum absolute atomic E-state index is 6.11. The molecule has 2 nitrogen and oxygen atoms in total. The molecule has 82 valence electrons. The number of rotatable bonds is 0. The molecule has 1 atom stereocenters. The molecule has 0 aliphatic carbocycles. The third-order valence-corrected chi connectivity index (χ3v) is 3.83. The fourth-order valence-electron chi connectivity index (χ4n) is 2.17. The van der Waals surface area contributed by atoms with Gasteiger partial charge in [0, 0.05) is 18.0 Å². The summed E-state index contributed by atoms with van der Waals surface area (Å²) in [5.41, 5.74) is 7.21. The predicted molar refractivity (Wildman–Crippen MR) is 68.7 cm³/mol. The third-order valence-electron chi connectivity index (χ3n) is 3.04. The summed E-state index contributed by atoms with van der Waals surface area (Å²) in [6.07, 6.45) is 0.887. The Hall–Kier alpha value is -1.06. The summed E-state index contributed by atoms with van der Waals surface area (Å²) in [6, 6.07) is 10.5. The van der Waals surface area contributed by atoms with Crippen molar-refractivity contribution in [1.29, 1.82) is 0 Å². The average Bonchev–Trinajstić information content (AvgIpc) is 2.31. The first-order valence-electron chi connectivity index (χ1n) is 5.37. The molecule has 16 heavy (non-hydrogen) atoms. The van der Waals surface area contributed by atoms with Gasteiger partial charge >= 0.3 is 0 Å². The van der Waals surface area contributed by atoms with Crippen molar-refractivity contribution in [3.8, 4) is 5.75 Å². The molecule has 3 rings (SSSR count). The van der Waals surface area contributed by atoms with Crippen LogP contribution in [0.3, 0.4) is 0 Å². The van der Waals surface area contributed by atoms with E-state index >= 15 is 0 Å². The number of hydrogen-bond donors (Lipinski definition) is 1. The van der Waals surface area contributed by atoms with E-state index in [1.54, 1.807) is 0 Å². The second-order valence-corrected chi connectivity index (χ2v) is 4.87. The minimum absolute atomic E-state index is 0.0876. The summed E-state index contributed by atoms with van der Waals surface area (Å²) in [6.45, 7) is 0.700. The second kappa shape index (κ2) is 3.75. The molecule has 0 unspecified atom stereocenters. The summed E-state index contributed by atoms with van der Waals surface area (Å²) in [7, 11) is 0. The van der Waals surface area contributed by atoms with Gasteiger partial charge in [0.2, 0.25) is 0 Å². The first kappa shape index (κ1) is 10.1. The molecule has 0 spiro atoms. The number of fused-ring (bicyclic) bond motifs is 2. The zero-order valence-corrected chi connectivity index (χ0v) is 10.3. The standard InChI is InChI=1S/C13H12BrNO/c14-12-9-4-2-1-3-8(9)7-10-11(15)5-6-16-13(10)12/h1-4,7,11H,5-6,15H2/t11-/m1/s1. The molecule has 2 aromatic carbocycles. The fourth-order valence-corrected chi connectivity index (χ4v) is 2.87. The maximum atomic E-state index is 6.11. The monoisotopic (exact) mass is 277 g/mol. The molecule has 1 aliphatic heterocycles. The van der Waals surface area contributed by atoms with Gasteiger partial charge in [-0.1, -0.05) is 24.3 Å². The van der Waals surface area contributed by atoms with Gasteiger partial charge in [0.25, 0.3) is 0 Å². The van der Waals surface area contributed by atoms with E-state index in [1.807, 2.05) is 12.1 Å². The van der Waals surface area contributed by atoms with Gasteiger partial charge < -0.3 is 10.5 Å². The zero-order valence-electron chi connectivity index (χ0n) is 8.74. The van der Waals surface area contributed by atoms with E-state index in [0.717, 1.165) is 22.2 Å². The molecule has 1 heterocycles. The Morgan fingerprint density at radius 3 is 3.00 bits per heavy atom. The Labute approximate surface area is 103 Å². The van der Waals surface area contributed by atoms with Crippen LogP contribution in [0.2, 0.25) is 0 Å². The largest absolute Gasteiger partial charge is 0.492 e. The number of nitrogens with two attached hydrogens (primary N) is 1. The van der Waals surface area contributed by atoms with Gasteiger partial charge in [-0.15, -0.1) is 0 Å². The first-order valence-corrected chi connectivity index (χ1v) is 6.16. The molecular weight excluding hydrogens is 266 g/mol. The van der Waals surface area contributed by atoms with Gasteiger partial charge in [-0.05, 0) is 32.8 Å². The highest BCUT2D eigenvalue weighted by Gasteiger charge is 2.21. The topological polar surface area (TPSA) is 35.2 Å². The lowest BCUT2D eigenvalue weighted by molar-refractivity contribution is 0.268. The Morgan fingerprint density at radius 2 is 2.12 bits per heavy atom. The van der Waals surface area contributed by atoms with Gasteiger partial charge in [-0.3, -0.25) is 0 Å². The lowest BCUT2D eigenvalue weighted by Crippen LogP contribution is -2.20. The van der Waals surface area contributed by atoms with E-state index in [-0.39, 0.29) is 6.04 Å². The summed E-state index contributed by atoms with van der Waals surface area (Å²) >= 11 is 3.61. The van der Waals surface area contributed by atoms with E-state index in [9.17, 15) is 0 Å². The molecule has 0 saturated heterocycles. The minimum atomic E-state index is 0.0876. The van der Waals surface area contributed by atoms with Gasteiger partial charge in [-0.25, -0.2) is 0 Å². The highest BCUT2D eigenvalue weighted by molar-refractivity contribution is 9.10. The predicted octanol–water partition coefficient (Wildman–Crippen LogP) is 3.38. The lowest BCUT2D eigenvalue weighted by Gasteiger charge is -2.24. The smallest absolute Gasteiger partial charge is 0.138 e. The molecule has 0 saturated carbocycles. The van der Waals surface area contributed by atoms with Crippen LogP contribution >= 0.6 is 15.9 Å². The van der Waals surface area contributed by atoms with Crippen LogP contribution < -0.4 is 10.5 Å². The molecule has 0 fully saturated rings. The Morgan fingerprint density at radius 1 is 1.31 bits per heavy atom. The van der Waals surface area contributed by atoms with Crippen molar-refractivity contribution >= 4 is 26.7 Å². The first-order chi connectivity index (χ1) is 7.77. The van der Waals surface area contributed by atoms with Crippen LogP contribution in [0.25, 0.3) is 10.8 Å². The number of hydrogen-bond acceptors (Lipinski definition) is 2. The van der Waals surface area contributed by atoms with Gasteiger partial charge in [0.1, 0.15) is 5.75 Å². The highest BCUT2D eigenvalue weighted by atomic mass is 79.9. The van der Waals surface area contributed by atoms with Crippen molar-refractivity contribution < 1.29 is 4.74 Å². The number of benzene rings is 2. The van der Waals surface area contributed by atoms with E-state index in [2.05, 4.69) is 34.1 Å². The van der Waals surface area contributed by atoms with E-state index in [1.165, 1.54) is 10.8 Å². The second-order valence-electron chi connectivity index (χ2n) is 4.07. The van der Waals surface area contributed by atoms with Crippen LogP contribution in [0.15, 0.2) is 34.8 Å². The zero-order chi connectivity index (χ0) is 11.1. The quantitative estimate of drug-likeness (QED) is 0.801. The van der Waals surface area contributed by atoms with Crippen LogP contribution in [-0.2, 0) is 0 Å². The summed E-state index contributed by atoms with van der Waals surface area (Å²) in [5, 5.41) is 2.38. The summed E-state index contributed by atoms with van der Waals surface area (Å²) < 4.78 is 6.73. The van der Waals surface area contributed by atoms with Crippen molar-refractivity contribution in [2.24, 2.45) is 5.73 Å². The number of halogens is 1. The molecule has 0 bridgehead atoms. The van der Waals surface area contributed by atoms with E-state index in [4.69, 9.17) is 10.5 Å². The van der Waals surface area contributed by atoms with Crippen molar-refractivity contribution in [3.63, 3.8) is 0 Å². The normalized spacial score (nSPS) is 19.2. The van der Waals surface area contributed by atoms with Crippen LogP contribution in [0.1, 0.15) is 18.0 Å². The summed E-state index contributed by atoms with van der Waals surface area (Å²) in [4.78, 5) is 0. The lowest BCUT2D eigenvalue weighted by atomic mass is 9.97. The Balaban J connectivity index is 2.36. The molecule has 1 aliphatic rings. The molecule has 2 N–H and O–H groups in total. The molecular formula is C13H12BrNO. The maximum Gasteiger partial charge on any atom is 0.138 e. The van der Waals surface area contributed by atoms with Crippen molar-refractivity contribution in [1.82, 2.24) is 0 Å². The van der Waals surface area contributed by atoms with E-state index < -0.39 is 0 Å². The van der Waals surface area contributed by atoms with Crippen molar-refractivity contribution in [3.05, 3.63) is 40.4 Å². The van der Waals surface area contributed by atoms with Crippen LogP contribution in [0.4, 0.5) is 0 Å². The van der Waals surface area contributed by atoms with Gasteiger partial charge in [0.05, 0.1) is 11.1 Å². The Bertz CT molecular complexity index is 553. The molecule has 0 aromatic heterocycles. The summed E-state index contributed by atoms with van der Waals surface area (Å²) in [5.74, 6) is 0.914. The van der Waals surface area contributed by atoms with Crippen LogP contribution in [0, 0.1) is 0 Å². The highest BCUT2D eigenvalue weighted by Crippen LogP contribution is 2.41. The minimum Gasteiger partial charge on any atom is -0.492 e. The SMILES string of the molecule is N[C@@H]1CCOc2c1cc1ccccc1c2Br. The molecule has 0 radical (unpaired) electrons. The van der Waals surface area contributed by atoms with Crippen LogP contribution in [-0.4, -0.2) is 6.61 Å². The third kappa shape index (κ3) is 1.43. The molecule has 0 amide bonds. The Kier molecular flexibility index (Phi) is 2.37.